The highest BCUT2D eigenvalue weighted by Gasteiger charge is 2.33. The number of hydrogen-bond donors (Lipinski definition) is 1. The smallest absolute Gasteiger partial charge is 0.229 e. The summed E-state index contributed by atoms with van der Waals surface area (Å²) in [5.41, 5.74) is 0.508. The molecule has 1 unspecified atom stereocenters. The number of rotatable bonds is 2. The first-order valence-electron chi connectivity index (χ1n) is 7.90. The lowest BCUT2D eigenvalue weighted by Gasteiger charge is -2.25. The van der Waals surface area contributed by atoms with Crippen LogP contribution in [0.3, 0.4) is 0 Å². The molecule has 1 aromatic carbocycles. The first-order valence-corrected chi connectivity index (χ1v) is 7.90. The molecule has 0 radical (unpaired) electrons. The van der Waals surface area contributed by atoms with Crippen LogP contribution < -0.4 is 5.32 Å². The van der Waals surface area contributed by atoms with E-state index in [1.807, 2.05) is 11.8 Å². The van der Waals surface area contributed by atoms with Crippen LogP contribution in [0.25, 0.3) is 0 Å². The van der Waals surface area contributed by atoms with Gasteiger partial charge in [-0.2, -0.15) is 0 Å². The van der Waals surface area contributed by atoms with E-state index in [2.05, 4.69) is 5.32 Å². The van der Waals surface area contributed by atoms with Crippen molar-refractivity contribution >= 4 is 5.91 Å². The molecular weight excluding hydrogens is 267 g/mol. The molecule has 3 atom stereocenters. The first-order chi connectivity index (χ1) is 10.2. The van der Waals surface area contributed by atoms with E-state index < -0.39 is 5.92 Å². The maximum Gasteiger partial charge on any atom is 0.229 e. The van der Waals surface area contributed by atoms with E-state index in [0.29, 0.717) is 17.4 Å². The van der Waals surface area contributed by atoms with Gasteiger partial charge in [-0.25, -0.2) is 4.39 Å². The fraction of sp³-hybridized carbons (Fsp3) is 0.588. The molecule has 0 bridgehead atoms. The van der Waals surface area contributed by atoms with Gasteiger partial charge in [0.2, 0.25) is 5.91 Å². The van der Waals surface area contributed by atoms with Crippen LogP contribution in [-0.2, 0) is 4.79 Å². The number of carbonyl (C=O) groups is 1. The molecule has 1 N–H and O–H groups in total. The highest BCUT2D eigenvalue weighted by Crippen LogP contribution is 2.29. The Hall–Kier alpha value is -1.42. The number of nitrogens with zero attached hydrogens (tertiary/aromatic N) is 1. The van der Waals surface area contributed by atoms with Crippen molar-refractivity contribution in [3.63, 3.8) is 0 Å². The number of fused-ring (bicyclic) bond motifs is 1. The second-order valence-corrected chi connectivity index (χ2v) is 6.32. The van der Waals surface area contributed by atoms with Gasteiger partial charge in [-0.3, -0.25) is 4.79 Å². The molecular formula is C17H23FN2O. The van der Waals surface area contributed by atoms with Crippen LogP contribution in [-0.4, -0.2) is 37.0 Å². The molecule has 0 aromatic heterocycles. The average molecular weight is 290 g/mol. The predicted molar refractivity (Wildman–Crippen MR) is 80.5 cm³/mol. The Morgan fingerprint density at radius 1 is 1.24 bits per heavy atom. The van der Waals surface area contributed by atoms with Gasteiger partial charge in [-0.1, -0.05) is 18.2 Å². The van der Waals surface area contributed by atoms with Crippen LogP contribution in [0.2, 0.25) is 0 Å². The van der Waals surface area contributed by atoms with Crippen LogP contribution in [0.15, 0.2) is 24.3 Å². The van der Waals surface area contributed by atoms with Crippen molar-refractivity contribution in [2.24, 2.45) is 11.8 Å². The van der Waals surface area contributed by atoms with Crippen molar-refractivity contribution in [3.05, 3.63) is 35.6 Å². The van der Waals surface area contributed by atoms with Gasteiger partial charge in [-0.15, -0.1) is 0 Å². The van der Waals surface area contributed by atoms with E-state index in [1.165, 1.54) is 6.07 Å². The Kier molecular flexibility index (Phi) is 4.24. The molecule has 114 valence electrons. The van der Waals surface area contributed by atoms with Gasteiger partial charge in [0.05, 0.1) is 5.92 Å². The Morgan fingerprint density at radius 2 is 1.86 bits per heavy atom. The van der Waals surface area contributed by atoms with Crippen LogP contribution in [0.4, 0.5) is 4.39 Å². The third-order valence-electron chi connectivity index (χ3n) is 5.07. The quantitative estimate of drug-likeness (QED) is 0.907. The van der Waals surface area contributed by atoms with E-state index in [1.54, 1.807) is 18.2 Å². The Bertz CT molecular complexity index is 505. The van der Waals surface area contributed by atoms with Crippen molar-refractivity contribution < 1.29 is 9.18 Å². The minimum absolute atomic E-state index is 0.0630. The molecule has 1 aromatic rings. The molecule has 2 aliphatic heterocycles. The molecule has 2 heterocycles. The topological polar surface area (TPSA) is 32.3 Å². The van der Waals surface area contributed by atoms with Crippen LogP contribution in [0.1, 0.15) is 31.2 Å². The van der Waals surface area contributed by atoms with E-state index in [0.717, 1.165) is 39.0 Å². The lowest BCUT2D eigenvalue weighted by molar-refractivity contribution is -0.132. The van der Waals surface area contributed by atoms with Crippen molar-refractivity contribution in [1.29, 1.82) is 0 Å². The number of nitrogens with one attached hydrogen (secondary N) is 1. The van der Waals surface area contributed by atoms with Crippen LogP contribution in [0, 0.1) is 17.7 Å². The zero-order chi connectivity index (χ0) is 14.8. The molecule has 0 saturated carbocycles. The molecule has 3 rings (SSSR count). The highest BCUT2D eigenvalue weighted by atomic mass is 19.1. The van der Waals surface area contributed by atoms with Crippen molar-refractivity contribution in [2.75, 3.05) is 26.2 Å². The number of likely N-dealkylation sites (tertiary alicyclic amines) is 1. The Labute approximate surface area is 125 Å². The summed E-state index contributed by atoms with van der Waals surface area (Å²) in [5.74, 6) is 0.780. The van der Waals surface area contributed by atoms with Gasteiger partial charge < -0.3 is 10.2 Å². The maximum absolute atomic E-state index is 13.9. The zero-order valence-electron chi connectivity index (χ0n) is 12.5. The number of halogens is 1. The van der Waals surface area contributed by atoms with E-state index in [9.17, 15) is 9.18 Å². The largest absolute Gasteiger partial charge is 0.342 e. The summed E-state index contributed by atoms with van der Waals surface area (Å²) in [4.78, 5) is 14.6. The van der Waals surface area contributed by atoms with Crippen molar-refractivity contribution in [1.82, 2.24) is 10.2 Å². The predicted octanol–water partition coefficient (Wildman–Crippen LogP) is 2.39. The highest BCUT2D eigenvalue weighted by molar-refractivity contribution is 5.83. The summed E-state index contributed by atoms with van der Waals surface area (Å²) in [5, 5.41) is 3.44. The third kappa shape index (κ3) is 2.95. The second-order valence-electron chi connectivity index (χ2n) is 6.32. The SMILES string of the molecule is CC(C(=O)N1CC[C@@H]2CNC[C@@H]2CC1)c1ccccc1F. The molecule has 0 spiro atoms. The summed E-state index contributed by atoms with van der Waals surface area (Å²) in [6, 6.07) is 6.60. The molecule has 2 fully saturated rings. The summed E-state index contributed by atoms with van der Waals surface area (Å²) in [6.45, 7) is 5.58. The van der Waals surface area contributed by atoms with E-state index in [-0.39, 0.29) is 11.7 Å². The monoisotopic (exact) mass is 290 g/mol. The summed E-state index contributed by atoms with van der Waals surface area (Å²) >= 11 is 0. The lowest BCUT2D eigenvalue weighted by atomic mass is 9.92. The molecule has 21 heavy (non-hydrogen) atoms. The maximum atomic E-state index is 13.9. The lowest BCUT2D eigenvalue weighted by Crippen LogP contribution is -2.36. The van der Waals surface area contributed by atoms with Crippen LogP contribution >= 0.6 is 0 Å². The molecule has 4 heteroatoms. The van der Waals surface area contributed by atoms with Gasteiger partial charge in [0.15, 0.2) is 0 Å². The Balaban J connectivity index is 1.69. The molecule has 0 aliphatic carbocycles. The summed E-state index contributed by atoms with van der Waals surface area (Å²) in [6.07, 6.45) is 2.13. The zero-order valence-corrected chi connectivity index (χ0v) is 12.5. The van der Waals surface area contributed by atoms with Crippen LogP contribution in [0.5, 0.6) is 0 Å². The second kappa shape index (κ2) is 6.14. The van der Waals surface area contributed by atoms with E-state index >= 15 is 0 Å². The summed E-state index contributed by atoms with van der Waals surface area (Å²) < 4.78 is 13.9. The van der Waals surface area contributed by atoms with Gasteiger partial charge >= 0.3 is 0 Å². The number of amides is 1. The van der Waals surface area contributed by atoms with Gasteiger partial charge in [-0.05, 0) is 56.3 Å². The third-order valence-corrected chi connectivity index (χ3v) is 5.07. The number of hydrogen-bond acceptors (Lipinski definition) is 2. The number of benzene rings is 1. The minimum atomic E-state index is -0.401. The molecule has 2 aliphatic rings. The molecule has 3 nitrogen and oxygen atoms in total. The van der Waals surface area contributed by atoms with Gasteiger partial charge in [0.25, 0.3) is 0 Å². The fourth-order valence-electron chi connectivity index (χ4n) is 3.67. The number of carbonyl (C=O) groups excluding carboxylic acids is 1. The normalized spacial score (nSPS) is 27.0. The first kappa shape index (κ1) is 14.5. The Morgan fingerprint density at radius 3 is 2.48 bits per heavy atom. The van der Waals surface area contributed by atoms with Crippen molar-refractivity contribution in [2.45, 2.75) is 25.7 Å². The minimum Gasteiger partial charge on any atom is -0.342 e. The van der Waals surface area contributed by atoms with Gasteiger partial charge in [0.1, 0.15) is 5.82 Å². The molecule has 1 amide bonds. The fourth-order valence-corrected chi connectivity index (χ4v) is 3.67. The molecule has 2 saturated heterocycles. The average Bonchev–Trinajstić information content (AvgIpc) is 2.85. The van der Waals surface area contributed by atoms with Gasteiger partial charge in [0, 0.05) is 13.1 Å². The standard InChI is InChI=1S/C17H23FN2O/c1-12(15-4-2-3-5-16(15)18)17(21)20-8-6-13-10-19-11-14(13)7-9-20/h2-5,12-14,19H,6-11H2,1H3/t12?,13-,14+. The van der Waals surface area contributed by atoms with E-state index in [4.69, 9.17) is 0 Å². The van der Waals surface area contributed by atoms with Crippen molar-refractivity contribution in [3.8, 4) is 0 Å². The summed E-state index contributed by atoms with van der Waals surface area (Å²) in [7, 11) is 0.